The van der Waals surface area contributed by atoms with Gasteiger partial charge in [0.25, 0.3) is 11.5 Å². The van der Waals surface area contributed by atoms with Crippen molar-refractivity contribution >= 4 is 11.6 Å². The highest BCUT2D eigenvalue weighted by atomic mass is 16.5. The Morgan fingerprint density at radius 3 is 2.69 bits per heavy atom. The second kappa shape index (κ2) is 8.24. The predicted octanol–water partition coefficient (Wildman–Crippen LogP) is 0.986. The van der Waals surface area contributed by atoms with E-state index >= 15 is 0 Å². The molecule has 1 N–H and O–H groups in total. The van der Waals surface area contributed by atoms with Crippen molar-refractivity contribution in [1.82, 2.24) is 14.5 Å². The van der Waals surface area contributed by atoms with E-state index < -0.39 is 11.2 Å². The van der Waals surface area contributed by atoms with E-state index in [1.54, 1.807) is 4.90 Å². The van der Waals surface area contributed by atoms with Crippen molar-refractivity contribution in [2.75, 3.05) is 37.7 Å². The van der Waals surface area contributed by atoms with Crippen LogP contribution >= 0.6 is 0 Å². The molecule has 0 spiro atoms. The number of carbonyl (C=O) groups excluding carboxylic acids is 1. The summed E-state index contributed by atoms with van der Waals surface area (Å²) in [6.07, 6.45) is 2.81. The van der Waals surface area contributed by atoms with Gasteiger partial charge < -0.3 is 19.5 Å². The van der Waals surface area contributed by atoms with Gasteiger partial charge in [-0.2, -0.15) is 0 Å². The minimum absolute atomic E-state index is 0.00611. The zero-order valence-corrected chi connectivity index (χ0v) is 16.6. The SMILES string of the molecule is Cc1cccc(N2CCN(C(=O)c3c[nH]c(=O)n(CC4CCCO4)c3=O)CC2)c1. The van der Waals surface area contributed by atoms with E-state index in [2.05, 4.69) is 35.0 Å². The van der Waals surface area contributed by atoms with Gasteiger partial charge >= 0.3 is 5.69 Å². The number of carbonyl (C=O) groups is 1. The average Bonchev–Trinajstić information content (AvgIpc) is 3.24. The van der Waals surface area contributed by atoms with Crippen LogP contribution in [0.4, 0.5) is 5.69 Å². The molecule has 2 aliphatic rings. The van der Waals surface area contributed by atoms with Gasteiger partial charge in [-0.1, -0.05) is 12.1 Å². The van der Waals surface area contributed by atoms with Crippen molar-refractivity contribution in [3.05, 3.63) is 62.4 Å². The summed E-state index contributed by atoms with van der Waals surface area (Å²) in [4.78, 5) is 44.4. The summed E-state index contributed by atoms with van der Waals surface area (Å²) in [5.74, 6) is -0.337. The summed E-state index contributed by atoms with van der Waals surface area (Å²) in [6.45, 7) is 5.32. The van der Waals surface area contributed by atoms with E-state index in [0.29, 0.717) is 32.8 Å². The fourth-order valence-electron chi connectivity index (χ4n) is 3.98. The van der Waals surface area contributed by atoms with Crippen LogP contribution in [0.5, 0.6) is 0 Å². The Kier molecular flexibility index (Phi) is 5.53. The molecule has 0 bridgehead atoms. The number of hydrogen-bond donors (Lipinski definition) is 1. The molecule has 0 radical (unpaired) electrons. The molecule has 4 rings (SSSR count). The third kappa shape index (κ3) is 4.12. The number of nitrogens with zero attached hydrogens (tertiary/aromatic N) is 3. The highest BCUT2D eigenvalue weighted by Crippen LogP contribution is 2.18. The summed E-state index contributed by atoms with van der Waals surface area (Å²) in [5, 5.41) is 0. The molecule has 1 unspecified atom stereocenters. The van der Waals surface area contributed by atoms with Gasteiger partial charge in [-0.3, -0.25) is 14.2 Å². The number of amides is 1. The lowest BCUT2D eigenvalue weighted by atomic mass is 10.2. The molecule has 8 heteroatoms. The highest BCUT2D eigenvalue weighted by molar-refractivity contribution is 5.93. The van der Waals surface area contributed by atoms with Crippen LogP contribution < -0.4 is 16.1 Å². The summed E-state index contributed by atoms with van der Waals surface area (Å²) < 4.78 is 6.62. The summed E-state index contributed by atoms with van der Waals surface area (Å²) in [6, 6.07) is 8.28. The Morgan fingerprint density at radius 2 is 2.00 bits per heavy atom. The quantitative estimate of drug-likeness (QED) is 0.830. The number of hydrogen-bond acceptors (Lipinski definition) is 5. The molecule has 2 aromatic rings. The zero-order chi connectivity index (χ0) is 20.4. The van der Waals surface area contributed by atoms with Gasteiger partial charge in [-0.15, -0.1) is 0 Å². The molecule has 3 heterocycles. The smallest absolute Gasteiger partial charge is 0.328 e. The molecular weight excluding hydrogens is 372 g/mol. The van der Waals surface area contributed by atoms with Crippen LogP contribution in [0.3, 0.4) is 0 Å². The number of nitrogens with one attached hydrogen (secondary N) is 1. The number of ether oxygens (including phenoxy) is 1. The highest BCUT2D eigenvalue weighted by Gasteiger charge is 2.26. The molecular formula is C21H26N4O4. The van der Waals surface area contributed by atoms with Crippen molar-refractivity contribution in [1.29, 1.82) is 0 Å². The molecule has 2 fully saturated rings. The normalized spacial score (nSPS) is 19.6. The van der Waals surface area contributed by atoms with Gasteiger partial charge in [0, 0.05) is 44.7 Å². The Morgan fingerprint density at radius 1 is 1.21 bits per heavy atom. The Hall–Kier alpha value is -2.87. The van der Waals surface area contributed by atoms with Crippen LogP contribution in [0.2, 0.25) is 0 Å². The van der Waals surface area contributed by atoms with E-state index in [0.717, 1.165) is 23.1 Å². The zero-order valence-electron chi connectivity index (χ0n) is 16.6. The summed E-state index contributed by atoms with van der Waals surface area (Å²) in [5.41, 5.74) is 1.29. The van der Waals surface area contributed by atoms with Crippen molar-refractivity contribution in [3.63, 3.8) is 0 Å². The van der Waals surface area contributed by atoms with Gasteiger partial charge in [0.15, 0.2) is 0 Å². The maximum Gasteiger partial charge on any atom is 0.328 e. The van der Waals surface area contributed by atoms with E-state index in [-0.39, 0.29) is 24.1 Å². The Labute approximate surface area is 168 Å². The summed E-state index contributed by atoms with van der Waals surface area (Å²) in [7, 11) is 0. The van der Waals surface area contributed by atoms with Crippen LogP contribution in [0.25, 0.3) is 0 Å². The van der Waals surface area contributed by atoms with Crippen molar-refractivity contribution in [3.8, 4) is 0 Å². The lowest BCUT2D eigenvalue weighted by molar-refractivity contribution is 0.0739. The lowest BCUT2D eigenvalue weighted by Crippen LogP contribution is -2.51. The van der Waals surface area contributed by atoms with Gasteiger partial charge in [-0.25, -0.2) is 4.79 Å². The van der Waals surface area contributed by atoms with Crippen LogP contribution in [0.15, 0.2) is 40.1 Å². The third-order valence-corrected chi connectivity index (χ3v) is 5.63. The number of aromatic amines is 1. The molecule has 1 atom stereocenters. The molecule has 0 saturated carbocycles. The number of H-pyrrole nitrogens is 1. The average molecular weight is 398 g/mol. The second-order valence-corrected chi connectivity index (χ2v) is 7.68. The number of anilines is 1. The fourth-order valence-corrected chi connectivity index (χ4v) is 3.98. The van der Waals surface area contributed by atoms with Crippen LogP contribution in [0.1, 0.15) is 28.8 Å². The van der Waals surface area contributed by atoms with Gasteiger partial charge in [-0.05, 0) is 37.5 Å². The molecule has 29 heavy (non-hydrogen) atoms. The molecule has 0 aliphatic carbocycles. The largest absolute Gasteiger partial charge is 0.376 e. The van der Waals surface area contributed by atoms with Crippen molar-refractivity contribution in [2.24, 2.45) is 0 Å². The minimum atomic E-state index is -0.546. The standard InChI is InChI=1S/C21H26N4O4/c1-15-4-2-5-16(12-15)23-7-9-24(10-8-23)19(26)18-13-22-21(28)25(20(18)27)14-17-6-3-11-29-17/h2,4-5,12-13,17H,3,6-11,14H2,1H3,(H,22,28). The van der Waals surface area contributed by atoms with E-state index in [1.165, 1.54) is 11.8 Å². The first-order valence-corrected chi connectivity index (χ1v) is 10.1. The van der Waals surface area contributed by atoms with E-state index in [9.17, 15) is 14.4 Å². The number of aromatic nitrogens is 2. The van der Waals surface area contributed by atoms with Crippen LogP contribution in [0, 0.1) is 6.92 Å². The maximum absolute atomic E-state index is 13.0. The van der Waals surface area contributed by atoms with Gasteiger partial charge in [0.2, 0.25) is 0 Å². The number of piperazine rings is 1. The predicted molar refractivity (Wildman–Crippen MR) is 110 cm³/mol. The molecule has 154 valence electrons. The fraction of sp³-hybridized carbons (Fsp3) is 0.476. The minimum Gasteiger partial charge on any atom is -0.376 e. The Bertz CT molecular complexity index is 998. The van der Waals surface area contributed by atoms with Crippen molar-refractivity contribution in [2.45, 2.75) is 32.4 Å². The first-order valence-electron chi connectivity index (χ1n) is 10.1. The monoisotopic (exact) mass is 398 g/mol. The molecule has 1 aromatic carbocycles. The van der Waals surface area contributed by atoms with Gasteiger partial charge in [0.05, 0.1) is 12.6 Å². The Balaban J connectivity index is 1.47. The lowest BCUT2D eigenvalue weighted by Gasteiger charge is -2.36. The molecule has 2 saturated heterocycles. The third-order valence-electron chi connectivity index (χ3n) is 5.63. The van der Waals surface area contributed by atoms with E-state index in [1.807, 2.05) is 6.07 Å². The molecule has 8 nitrogen and oxygen atoms in total. The molecule has 1 amide bonds. The first kappa shape index (κ1) is 19.4. The number of benzene rings is 1. The number of aryl methyl sites for hydroxylation is 1. The topological polar surface area (TPSA) is 87.6 Å². The first-order chi connectivity index (χ1) is 14.0. The molecule has 2 aliphatic heterocycles. The molecule has 1 aromatic heterocycles. The van der Waals surface area contributed by atoms with Crippen LogP contribution in [-0.2, 0) is 11.3 Å². The second-order valence-electron chi connectivity index (χ2n) is 7.68. The number of rotatable bonds is 4. The van der Waals surface area contributed by atoms with Crippen molar-refractivity contribution < 1.29 is 9.53 Å². The van der Waals surface area contributed by atoms with Gasteiger partial charge in [0.1, 0.15) is 5.56 Å². The van der Waals surface area contributed by atoms with Crippen LogP contribution in [-0.4, -0.2) is 59.2 Å². The maximum atomic E-state index is 13.0. The summed E-state index contributed by atoms with van der Waals surface area (Å²) >= 11 is 0. The van der Waals surface area contributed by atoms with E-state index in [4.69, 9.17) is 4.74 Å².